The number of nitrogens with zero attached hydrogens (tertiary/aromatic N) is 2. The molecule has 1 heterocycles. The molecule has 0 fully saturated rings. The van der Waals surface area contributed by atoms with Crippen molar-refractivity contribution in [1.29, 1.82) is 0 Å². The highest BCUT2D eigenvalue weighted by atomic mass is 32.2. The molecule has 1 aliphatic heterocycles. The molecule has 0 radical (unpaired) electrons. The Labute approximate surface area is 202 Å². The lowest BCUT2D eigenvalue weighted by atomic mass is 10.0. The molecule has 1 aliphatic rings. The van der Waals surface area contributed by atoms with Gasteiger partial charge in [-0.1, -0.05) is 35.0 Å². The van der Waals surface area contributed by atoms with Gasteiger partial charge in [0.15, 0.2) is 5.96 Å². The predicted molar refractivity (Wildman–Crippen MR) is 128 cm³/mol. The summed E-state index contributed by atoms with van der Waals surface area (Å²) in [5, 5.41) is 15.9. The Hall–Kier alpha value is -3.97. The van der Waals surface area contributed by atoms with Crippen LogP contribution >= 0.6 is 0 Å². The third-order valence-electron chi connectivity index (χ3n) is 5.03. The molecule has 0 unspecified atom stereocenters. The van der Waals surface area contributed by atoms with Crippen molar-refractivity contribution in [2.24, 2.45) is 21.6 Å². The number of hydrogen-bond donors (Lipinski definition) is 5. The molecule has 0 spiro atoms. The summed E-state index contributed by atoms with van der Waals surface area (Å²) in [7, 11) is -4.09. The smallest absolute Gasteiger partial charge is 0.323 e. The van der Waals surface area contributed by atoms with Gasteiger partial charge in [-0.2, -0.15) is 4.72 Å². The van der Waals surface area contributed by atoms with E-state index in [1.54, 1.807) is 43.3 Å². The number of nitrogens with two attached hydrogens (primary N) is 2. The van der Waals surface area contributed by atoms with Crippen LogP contribution < -0.4 is 21.5 Å². The van der Waals surface area contributed by atoms with Crippen molar-refractivity contribution in [2.75, 3.05) is 6.54 Å². The first kappa shape index (κ1) is 25.6. The minimum atomic E-state index is -4.09. The number of sulfonamides is 1. The van der Waals surface area contributed by atoms with Crippen LogP contribution in [0.25, 0.3) is 0 Å². The van der Waals surface area contributed by atoms with E-state index in [0.717, 1.165) is 11.1 Å². The molecular weight excluding hydrogens is 476 g/mol. The summed E-state index contributed by atoms with van der Waals surface area (Å²) < 4.78 is 27.1. The maximum atomic E-state index is 12.5. The molecule has 186 valence electrons. The Morgan fingerprint density at radius 3 is 2.43 bits per heavy atom. The Morgan fingerprint density at radius 1 is 1.17 bits per heavy atom. The largest absolute Gasteiger partial charge is 0.480 e. The molecule has 7 N–H and O–H groups in total. The van der Waals surface area contributed by atoms with Gasteiger partial charge in [-0.3, -0.25) is 9.59 Å². The van der Waals surface area contributed by atoms with Crippen LogP contribution in [0.5, 0.6) is 0 Å². The number of oxime groups is 1. The second-order valence-electron chi connectivity index (χ2n) is 7.89. The van der Waals surface area contributed by atoms with Crippen LogP contribution in [0.4, 0.5) is 5.69 Å². The van der Waals surface area contributed by atoms with Gasteiger partial charge < -0.3 is 26.7 Å². The zero-order valence-corrected chi connectivity index (χ0v) is 19.7. The molecule has 13 heteroatoms. The monoisotopic (exact) mass is 502 g/mol. The molecule has 1 amide bonds. The summed E-state index contributed by atoms with van der Waals surface area (Å²) in [5.74, 6) is -1.98. The van der Waals surface area contributed by atoms with E-state index in [1.807, 2.05) is 0 Å². The SMILES string of the molecule is Cc1ccc(S(=O)(=O)N[C@@H](CNC(=O)C[C@H]2CC(c3ccc(N=C(N)N)cc3)=NO2)C(=O)O)cc1. The number of aryl methyl sites for hydroxylation is 1. The minimum absolute atomic E-state index is 0.0570. The van der Waals surface area contributed by atoms with E-state index in [9.17, 15) is 23.1 Å². The number of carboxylic acids is 1. The Bertz CT molecular complexity index is 1240. The van der Waals surface area contributed by atoms with E-state index in [0.29, 0.717) is 17.8 Å². The van der Waals surface area contributed by atoms with Gasteiger partial charge in [0.2, 0.25) is 15.9 Å². The summed E-state index contributed by atoms with van der Waals surface area (Å²) in [6, 6.07) is 11.4. The lowest BCUT2D eigenvalue weighted by molar-refractivity contribution is -0.138. The van der Waals surface area contributed by atoms with E-state index in [-0.39, 0.29) is 17.3 Å². The van der Waals surface area contributed by atoms with Crippen molar-refractivity contribution in [2.45, 2.75) is 36.8 Å². The lowest BCUT2D eigenvalue weighted by Crippen LogP contribution is -2.48. The molecule has 0 aromatic heterocycles. The van der Waals surface area contributed by atoms with E-state index in [2.05, 4.69) is 20.2 Å². The van der Waals surface area contributed by atoms with Crippen LogP contribution in [0.3, 0.4) is 0 Å². The number of guanidine groups is 1. The fraction of sp³-hybridized carbons (Fsp3) is 0.273. The van der Waals surface area contributed by atoms with Crippen LogP contribution in [0.1, 0.15) is 24.0 Å². The molecule has 2 atom stereocenters. The number of amides is 1. The number of aliphatic carboxylic acids is 1. The maximum Gasteiger partial charge on any atom is 0.323 e. The van der Waals surface area contributed by atoms with E-state index in [4.69, 9.17) is 16.3 Å². The molecular formula is C22H26N6O6S. The quantitative estimate of drug-likeness (QED) is 0.226. The minimum Gasteiger partial charge on any atom is -0.480 e. The van der Waals surface area contributed by atoms with Gasteiger partial charge in [-0.15, -0.1) is 0 Å². The summed E-state index contributed by atoms with van der Waals surface area (Å²) in [6.07, 6.45) is -0.275. The first-order chi connectivity index (χ1) is 16.5. The van der Waals surface area contributed by atoms with Crippen LogP contribution in [-0.2, 0) is 24.4 Å². The standard InChI is InChI=1S/C22H26N6O6S/c1-13-2-8-17(9-3-13)35(32,33)28-19(21(30)31)12-25-20(29)11-16-10-18(27-34-16)14-4-6-15(7-5-14)26-22(23)24/h2-9,16,19,28H,10-12H2,1H3,(H,25,29)(H,30,31)(H4,23,24,26)/t16-,19+/m1/s1. The highest BCUT2D eigenvalue weighted by molar-refractivity contribution is 7.89. The van der Waals surface area contributed by atoms with Gasteiger partial charge in [0, 0.05) is 13.0 Å². The normalized spacial score (nSPS) is 16.0. The molecule has 3 rings (SSSR count). The van der Waals surface area contributed by atoms with Gasteiger partial charge in [-0.25, -0.2) is 13.4 Å². The molecule has 0 aliphatic carbocycles. The topological polar surface area (TPSA) is 199 Å². The fourth-order valence-electron chi connectivity index (χ4n) is 3.23. The highest BCUT2D eigenvalue weighted by Gasteiger charge is 2.28. The number of nitrogens with one attached hydrogen (secondary N) is 2. The molecule has 0 saturated heterocycles. The van der Waals surface area contributed by atoms with Gasteiger partial charge >= 0.3 is 5.97 Å². The summed E-state index contributed by atoms with van der Waals surface area (Å²) >= 11 is 0. The fourth-order valence-corrected chi connectivity index (χ4v) is 4.42. The number of carbonyl (C=O) groups is 2. The maximum absolute atomic E-state index is 12.5. The predicted octanol–water partition coefficient (Wildman–Crippen LogP) is 0.331. The molecule has 2 aromatic rings. The van der Waals surface area contributed by atoms with Crippen LogP contribution in [0.15, 0.2) is 63.6 Å². The number of benzene rings is 2. The number of carbonyl (C=O) groups excluding carboxylic acids is 1. The third kappa shape index (κ3) is 7.25. The summed E-state index contributed by atoms with van der Waals surface area (Å²) in [5.41, 5.74) is 13.5. The van der Waals surface area contributed by atoms with Crippen molar-refractivity contribution < 1.29 is 28.0 Å². The summed E-state index contributed by atoms with van der Waals surface area (Å²) in [4.78, 5) is 33.1. The number of rotatable bonds is 10. The number of aliphatic imine (C=N–C) groups is 1. The second-order valence-corrected chi connectivity index (χ2v) is 9.60. The second kappa shape index (κ2) is 11.0. The molecule has 2 aromatic carbocycles. The molecule has 0 saturated carbocycles. The average molecular weight is 503 g/mol. The lowest BCUT2D eigenvalue weighted by Gasteiger charge is -2.16. The van der Waals surface area contributed by atoms with E-state index >= 15 is 0 Å². The van der Waals surface area contributed by atoms with Crippen LogP contribution in [0.2, 0.25) is 0 Å². The third-order valence-corrected chi connectivity index (χ3v) is 6.52. The average Bonchev–Trinajstić information content (AvgIpc) is 3.25. The van der Waals surface area contributed by atoms with Gasteiger partial charge in [-0.05, 0) is 36.8 Å². The number of hydrogen-bond acceptors (Lipinski definition) is 7. The zero-order valence-electron chi connectivity index (χ0n) is 18.8. The zero-order chi connectivity index (χ0) is 25.6. The Kier molecular flexibility index (Phi) is 8.04. The molecule has 12 nitrogen and oxygen atoms in total. The Morgan fingerprint density at radius 2 is 1.83 bits per heavy atom. The molecule has 0 bridgehead atoms. The first-order valence-electron chi connectivity index (χ1n) is 10.5. The van der Waals surface area contributed by atoms with Gasteiger partial charge in [0.05, 0.1) is 22.7 Å². The number of carboxylic acid groups (broad SMARTS) is 1. The van der Waals surface area contributed by atoms with E-state index in [1.165, 1.54) is 12.1 Å². The van der Waals surface area contributed by atoms with Crippen molar-refractivity contribution >= 4 is 39.3 Å². The summed E-state index contributed by atoms with van der Waals surface area (Å²) in [6.45, 7) is 1.36. The Balaban J connectivity index is 1.51. The van der Waals surface area contributed by atoms with Crippen molar-refractivity contribution in [1.82, 2.24) is 10.0 Å². The highest BCUT2D eigenvalue weighted by Crippen LogP contribution is 2.21. The first-order valence-corrected chi connectivity index (χ1v) is 12.0. The van der Waals surface area contributed by atoms with Crippen molar-refractivity contribution in [3.63, 3.8) is 0 Å². The van der Waals surface area contributed by atoms with Crippen LogP contribution in [-0.4, -0.2) is 55.8 Å². The van der Waals surface area contributed by atoms with Crippen LogP contribution in [0, 0.1) is 6.92 Å². The van der Waals surface area contributed by atoms with Crippen molar-refractivity contribution in [3.8, 4) is 0 Å². The molecule has 35 heavy (non-hydrogen) atoms. The van der Waals surface area contributed by atoms with Gasteiger partial charge in [0.1, 0.15) is 12.1 Å². The van der Waals surface area contributed by atoms with Gasteiger partial charge in [0.25, 0.3) is 0 Å². The van der Waals surface area contributed by atoms with E-state index < -0.39 is 40.6 Å². The van der Waals surface area contributed by atoms with Crippen molar-refractivity contribution in [3.05, 3.63) is 59.7 Å².